The van der Waals surface area contributed by atoms with E-state index in [1.807, 2.05) is 0 Å². The van der Waals surface area contributed by atoms with Gasteiger partial charge in [-0.05, 0) is 107 Å². The van der Waals surface area contributed by atoms with Gasteiger partial charge in [0.2, 0.25) is 47.3 Å². The zero-order valence-electron chi connectivity index (χ0n) is 43.1. The molecule has 3 heterocycles. The Labute approximate surface area is 445 Å². The van der Waals surface area contributed by atoms with Gasteiger partial charge in [0.25, 0.3) is 0 Å². The molecule has 26 heteroatoms. The molecule has 3 aliphatic rings. The molecule has 0 radical (unpaired) electrons. The first-order valence-electron chi connectivity index (χ1n) is 26.0. The SMILES string of the molecule is C[C@H](N)C(=O)N[C@@H](CCCCN)C(=O)N1CCC[C@H]1C(=O)N[C@@H](CO)C(=O)N[C@@H](Cc1ccc(O)cc1)C(=O)N1C[C@H](O)C[C@H]1C(=O)N[C@@H](Cc1ccc(O)cc1)C(=O)N1C[C@H](O)C[C@H]1C(=O)N[C@@H](CCCCN)C(=O)O. The summed E-state index contributed by atoms with van der Waals surface area (Å²) in [7, 11) is 0. The molecular formula is C51H75N11O15. The van der Waals surface area contributed by atoms with Gasteiger partial charge in [-0.1, -0.05) is 24.3 Å². The third kappa shape index (κ3) is 17.0. The summed E-state index contributed by atoms with van der Waals surface area (Å²) in [5, 5.41) is 74.9. The molecule has 0 saturated carbocycles. The van der Waals surface area contributed by atoms with Crippen LogP contribution >= 0.6 is 0 Å². The molecule has 5 rings (SSSR count). The molecule has 424 valence electrons. The number of benzene rings is 2. The number of aliphatic hydroxyl groups excluding tert-OH is 3. The number of unbranched alkanes of at least 4 members (excludes halogenated alkanes) is 2. The van der Waals surface area contributed by atoms with Gasteiger partial charge in [0.15, 0.2) is 0 Å². The van der Waals surface area contributed by atoms with Crippen LogP contribution in [-0.4, -0.2) is 204 Å². The third-order valence-corrected chi connectivity index (χ3v) is 13.9. The highest BCUT2D eigenvalue weighted by Gasteiger charge is 2.46. The van der Waals surface area contributed by atoms with Crippen molar-refractivity contribution in [3.05, 3.63) is 59.7 Å². The van der Waals surface area contributed by atoms with E-state index >= 15 is 0 Å². The van der Waals surface area contributed by atoms with Crippen molar-refractivity contribution in [1.29, 1.82) is 0 Å². The van der Waals surface area contributed by atoms with Crippen LogP contribution in [0.1, 0.15) is 82.3 Å². The van der Waals surface area contributed by atoms with Crippen LogP contribution in [0.25, 0.3) is 0 Å². The Bertz CT molecular complexity index is 2380. The highest BCUT2D eigenvalue weighted by Crippen LogP contribution is 2.26. The number of carbonyl (C=O) groups is 9. The number of likely N-dealkylation sites (tertiary alicyclic amines) is 3. The highest BCUT2D eigenvalue weighted by molar-refractivity contribution is 5.99. The summed E-state index contributed by atoms with van der Waals surface area (Å²) in [6, 6.07) is -0.773. The lowest BCUT2D eigenvalue weighted by atomic mass is 10.0. The quantitative estimate of drug-likeness (QED) is 0.0378. The molecule has 8 amide bonds. The molecule has 0 aliphatic carbocycles. The highest BCUT2D eigenvalue weighted by atomic mass is 16.4. The number of carboxylic acid groups (broad SMARTS) is 1. The summed E-state index contributed by atoms with van der Waals surface area (Å²) in [6.07, 6.45) is -0.888. The average molecular weight is 1080 g/mol. The predicted octanol–water partition coefficient (Wildman–Crippen LogP) is -4.10. The summed E-state index contributed by atoms with van der Waals surface area (Å²) >= 11 is 0. The number of β-amino-alcohol motifs (C(OH)–C–C–N with tert-alkyl or cyclic N) is 2. The Morgan fingerprint density at radius 1 is 0.571 bits per heavy atom. The number of nitrogens with two attached hydrogens (primary N) is 3. The number of aliphatic hydroxyl groups is 3. The number of hydrogen-bond acceptors (Lipinski definition) is 17. The maximum Gasteiger partial charge on any atom is 0.326 e. The van der Waals surface area contributed by atoms with Gasteiger partial charge in [-0.3, -0.25) is 38.4 Å². The molecule has 0 spiro atoms. The van der Waals surface area contributed by atoms with Crippen molar-refractivity contribution in [2.45, 2.75) is 151 Å². The van der Waals surface area contributed by atoms with Crippen molar-refractivity contribution in [2.24, 2.45) is 17.2 Å². The van der Waals surface area contributed by atoms with Gasteiger partial charge in [0.05, 0.1) is 24.9 Å². The van der Waals surface area contributed by atoms with Crippen LogP contribution in [0.15, 0.2) is 48.5 Å². The third-order valence-electron chi connectivity index (χ3n) is 13.9. The second kappa shape index (κ2) is 29.0. The van der Waals surface area contributed by atoms with Crippen molar-refractivity contribution < 1.29 is 73.8 Å². The second-order valence-corrected chi connectivity index (χ2v) is 19.9. The largest absolute Gasteiger partial charge is 0.508 e. The van der Waals surface area contributed by atoms with Crippen LogP contribution in [0, 0.1) is 0 Å². The number of aromatic hydroxyl groups is 2. The van der Waals surface area contributed by atoms with E-state index in [1.54, 1.807) is 0 Å². The van der Waals surface area contributed by atoms with E-state index in [-0.39, 0.29) is 69.5 Å². The van der Waals surface area contributed by atoms with E-state index in [2.05, 4.69) is 26.6 Å². The van der Waals surface area contributed by atoms with Crippen LogP contribution in [0.3, 0.4) is 0 Å². The minimum absolute atomic E-state index is 0.0426. The molecule has 3 saturated heterocycles. The molecule has 3 fully saturated rings. The molecule has 11 atom stereocenters. The number of rotatable bonds is 27. The maximum absolute atomic E-state index is 14.8. The van der Waals surface area contributed by atoms with Crippen LogP contribution < -0.4 is 43.8 Å². The summed E-state index contributed by atoms with van der Waals surface area (Å²) < 4.78 is 0. The van der Waals surface area contributed by atoms with E-state index in [4.69, 9.17) is 17.2 Å². The van der Waals surface area contributed by atoms with Crippen LogP contribution in [0.5, 0.6) is 11.5 Å². The van der Waals surface area contributed by atoms with Crippen molar-refractivity contribution in [2.75, 3.05) is 39.3 Å². The van der Waals surface area contributed by atoms with Crippen molar-refractivity contribution in [3.63, 3.8) is 0 Å². The van der Waals surface area contributed by atoms with Gasteiger partial charge in [0.1, 0.15) is 59.8 Å². The number of aliphatic carboxylic acids is 1. The number of carbonyl (C=O) groups excluding carboxylic acids is 8. The molecule has 26 nitrogen and oxygen atoms in total. The van der Waals surface area contributed by atoms with E-state index in [0.717, 1.165) is 9.80 Å². The average Bonchev–Trinajstić information content (AvgIpc) is 4.17. The summed E-state index contributed by atoms with van der Waals surface area (Å²) in [4.78, 5) is 127. The first kappa shape index (κ1) is 60.9. The number of phenols is 2. The maximum atomic E-state index is 14.8. The second-order valence-electron chi connectivity index (χ2n) is 19.9. The lowest BCUT2D eigenvalue weighted by molar-refractivity contribution is -0.146. The minimum Gasteiger partial charge on any atom is -0.508 e. The van der Waals surface area contributed by atoms with Crippen molar-refractivity contribution >= 4 is 53.2 Å². The molecule has 2 aromatic rings. The van der Waals surface area contributed by atoms with E-state index < -0.39 is 133 Å². The zero-order chi connectivity index (χ0) is 56.5. The summed E-state index contributed by atoms with van der Waals surface area (Å²) in [6.45, 7) is 0.464. The number of hydrogen-bond donors (Lipinski definition) is 14. The fourth-order valence-corrected chi connectivity index (χ4v) is 9.72. The summed E-state index contributed by atoms with van der Waals surface area (Å²) in [5.41, 5.74) is 17.8. The number of phenolic OH excluding ortho intramolecular Hbond substituents is 2. The Morgan fingerprint density at radius 3 is 1.44 bits per heavy atom. The van der Waals surface area contributed by atoms with E-state index in [1.165, 1.54) is 60.4 Å². The number of amides is 8. The normalized spacial score (nSPS) is 21.5. The first-order valence-corrected chi connectivity index (χ1v) is 26.0. The van der Waals surface area contributed by atoms with Gasteiger partial charge in [-0.25, -0.2) is 4.79 Å². The molecular weight excluding hydrogens is 1010 g/mol. The standard InChI is InChI=1S/C51H75N11O15/c1-28(54)43(68)55-35(7-2-4-18-52)48(73)60-20-6-9-40(60)45(70)59-39(27-63)44(69)57-37(21-29-10-14-31(64)15-11-29)49(74)62-26-34(67)24-42(62)47(72)58-38(22-30-12-16-32(65)17-13-30)50(75)61-25-33(66)23-41(61)46(71)56-36(51(76)77)8-3-5-19-53/h10-17,28,33-42,63-67H,2-9,18-27,52-54H2,1H3,(H,55,68)(H,56,71)(H,57,69)(H,58,72)(H,59,70)(H,76,77)/t28-,33+,34+,35-,36-,37-,38-,39-,40-,41-,42-/m0/s1. The molecule has 0 bridgehead atoms. The fraction of sp³-hybridized carbons (Fsp3) is 0.588. The Morgan fingerprint density at radius 2 is 0.987 bits per heavy atom. The van der Waals surface area contributed by atoms with Crippen LogP contribution in [0.2, 0.25) is 0 Å². The molecule has 2 aromatic carbocycles. The lowest BCUT2D eigenvalue weighted by Gasteiger charge is -2.32. The smallest absolute Gasteiger partial charge is 0.326 e. The minimum atomic E-state index is -1.69. The molecule has 0 unspecified atom stereocenters. The zero-order valence-corrected chi connectivity index (χ0v) is 43.1. The Hall–Kier alpha value is -6.97. The number of carboxylic acids is 1. The molecule has 77 heavy (non-hydrogen) atoms. The summed E-state index contributed by atoms with van der Waals surface area (Å²) in [5.74, 6) is -8.09. The van der Waals surface area contributed by atoms with Gasteiger partial charge in [-0.15, -0.1) is 0 Å². The lowest BCUT2D eigenvalue weighted by Crippen LogP contribution is -2.61. The van der Waals surface area contributed by atoms with E-state index in [0.29, 0.717) is 56.3 Å². The Balaban J connectivity index is 1.37. The predicted molar refractivity (Wildman–Crippen MR) is 274 cm³/mol. The monoisotopic (exact) mass is 1080 g/mol. The molecule has 3 aliphatic heterocycles. The fourth-order valence-electron chi connectivity index (χ4n) is 9.72. The Kier molecular flexibility index (Phi) is 22.9. The number of nitrogens with zero attached hydrogens (tertiary/aromatic N) is 3. The number of nitrogens with one attached hydrogen (secondary N) is 5. The van der Waals surface area contributed by atoms with Crippen molar-refractivity contribution in [1.82, 2.24) is 41.3 Å². The topological polar surface area (TPSA) is 423 Å². The van der Waals surface area contributed by atoms with Crippen LogP contribution in [-0.2, 0) is 56.0 Å². The van der Waals surface area contributed by atoms with Gasteiger partial charge < -0.3 is 89.1 Å². The van der Waals surface area contributed by atoms with Gasteiger partial charge >= 0.3 is 5.97 Å². The van der Waals surface area contributed by atoms with Crippen molar-refractivity contribution in [3.8, 4) is 11.5 Å². The molecule has 17 N–H and O–H groups in total. The van der Waals surface area contributed by atoms with Crippen LogP contribution in [0.4, 0.5) is 0 Å². The molecule has 0 aromatic heterocycles. The van der Waals surface area contributed by atoms with E-state index in [9.17, 15) is 73.8 Å². The first-order chi connectivity index (χ1) is 36.6. The van der Waals surface area contributed by atoms with Gasteiger partial charge in [0, 0.05) is 45.3 Å². The van der Waals surface area contributed by atoms with Gasteiger partial charge in [-0.2, -0.15) is 0 Å².